The molecular formula is C12H20N4O2. The van der Waals surface area contributed by atoms with Crippen molar-refractivity contribution >= 4 is 17.5 Å². The Kier molecular flexibility index (Phi) is 4.00. The van der Waals surface area contributed by atoms with E-state index in [9.17, 15) is 9.59 Å². The first-order valence-corrected chi connectivity index (χ1v) is 5.70. The van der Waals surface area contributed by atoms with Crippen LogP contribution in [0.5, 0.6) is 0 Å². The molecule has 1 aromatic rings. The van der Waals surface area contributed by atoms with Gasteiger partial charge in [0.25, 0.3) is 5.91 Å². The molecule has 100 valence electrons. The second-order valence-corrected chi connectivity index (χ2v) is 5.25. The topological polar surface area (TPSA) is 89.2 Å². The summed E-state index contributed by atoms with van der Waals surface area (Å²) in [6.45, 7) is 5.58. The maximum absolute atomic E-state index is 11.8. The first-order chi connectivity index (χ1) is 8.19. The molecular weight excluding hydrogens is 232 g/mol. The van der Waals surface area contributed by atoms with Crippen molar-refractivity contribution < 1.29 is 9.59 Å². The van der Waals surface area contributed by atoms with Crippen LogP contribution in [0.3, 0.4) is 0 Å². The molecule has 1 heterocycles. The van der Waals surface area contributed by atoms with E-state index in [1.807, 2.05) is 20.8 Å². The van der Waals surface area contributed by atoms with Gasteiger partial charge in [-0.3, -0.25) is 9.59 Å². The molecule has 0 fully saturated rings. The number of hydrogen-bond donors (Lipinski definition) is 3. The number of nitrogens with zero attached hydrogens (tertiary/aromatic N) is 1. The SMILES string of the molecule is Cn1cc(N)cc1C(=O)NCC(=O)NC(C)(C)C. The summed E-state index contributed by atoms with van der Waals surface area (Å²) in [6, 6.07) is 1.57. The van der Waals surface area contributed by atoms with E-state index in [2.05, 4.69) is 10.6 Å². The van der Waals surface area contributed by atoms with Gasteiger partial charge in [-0.15, -0.1) is 0 Å². The van der Waals surface area contributed by atoms with E-state index in [1.54, 1.807) is 23.9 Å². The number of aromatic nitrogens is 1. The molecule has 1 rings (SSSR count). The highest BCUT2D eigenvalue weighted by molar-refractivity contribution is 5.96. The number of carbonyl (C=O) groups excluding carboxylic acids is 2. The lowest BCUT2D eigenvalue weighted by atomic mass is 10.1. The highest BCUT2D eigenvalue weighted by atomic mass is 16.2. The average Bonchev–Trinajstić information content (AvgIpc) is 2.52. The van der Waals surface area contributed by atoms with E-state index in [-0.39, 0.29) is 23.9 Å². The van der Waals surface area contributed by atoms with Crippen LogP contribution < -0.4 is 16.4 Å². The summed E-state index contributed by atoms with van der Waals surface area (Å²) in [5.41, 5.74) is 6.21. The molecule has 0 spiro atoms. The number of nitrogen functional groups attached to an aromatic ring is 1. The molecule has 2 amide bonds. The standard InChI is InChI=1S/C12H20N4O2/c1-12(2,3)15-10(17)6-14-11(18)9-5-8(13)7-16(9)4/h5,7H,6,13H2,1-4H3,(H,14,18)(H,15,17). The lowest BCUT2D eigenvalue weighted by Crippen LogP contribution is -2.46. The van der Waals surface area contributed by atoms with Gasteiger partial charge in [-0.1, -0.05) is 0 Å². The van der Waals surface area contributed by atoms with Crippen LogP contribution in [0.25, 0.3) is 0 Å². The Balaban J connectivity index is 2.52. The summed E-state index contributed by atoms with van der Waals surface area (Å²) in [4.78, 5) is 23.3. The van der Waals surface area contributed by atoms with Gasteiger partial charge in [0.2, 0.25) is 5.91 Å². The van der Waals surface area contributed by atoms with Crippen molar-refractivity contribution in [1.29, 1.82) is 0 Å². The smallest absolute Gasteiger partial charge is 0.268 e. The number of carbonyl (C=O) groups is 2. The second-order valence-electron chi connectivity index (χ2n) is 5.25. The summed E-state index contributed by atoms with van der Waals surface area (Å²) < 4.78 is 1.62. The van der Waals surface area contributed by atoms with Crippen LogP contribution in [-0.4, -0.2) is 28.5 Å². The third-order valence-electron chi connectivity index (χ3n) is 2.18. The van der Waals surface area contributed by atoms with Crippen molar-refractivity contribution in [3.63, 3.8) is 0 Å². The first-order valence-electron chi connectivity index (χ1n) is 5.70. The monoisotopic (exact) mass is 252 g/mol. The largest absolute Gasteiger partial charge is 0.397 e. The van der Waals surface area contributed by atoms with Gasteiger partial charge in [-0.25, -0.2) is 0 Å². The quantitative estimate of drug-likeness (QED) is 0.720. The third kappa shape index (κ3) is 4.12. The molecule has 0 saturated heterocycles. The normalized spacial score (nSPS) is 11.1. The fourth-order valence-electron chi connectivity index (χ4n) is 1.53. The summed E-state index contributed by atoms with van der Waals surface area (Å²) in [7, 11) is 1.72. The van der Waals surface area contributed by atoms with E-state index in [0.29, 0.717) is 11.4 Å². The lowest BCUT2D eigenvalue weighted by Gasteiger charge is -2.20. The Morgan fingerprint density at radius 3 is 2.44 bits per heavy atom. The second kappa shape index (κ2) is 5.12. The third-order valence-corrected chi connectivity index (χ3v) is 2.18. The Labute approximate surface area is 107 Å². The number of nitrogens with one attached hydrogen (secondary N) is 2. The number of aryl methyl sites for hydroxylation is 1. The predicted molar refractivity (Wildman–Crippen MR) is 70.1 cm³/mol. The molecule has 0 bridgehead atoms. The molecule has 1 aromatic heterocycles. The molecule has 0 radical (unpaired) electrons. The highest BCUT2D eigenvalue weighted by Crippen LogP contribution is 2.08. The van der Waals surface area contributed by atoms with E-state index in [4.69, 9.17) is 5.73 Å². The molecule has 0 aromatic carbocycles. The molecule has 0 saturated carbocycles. The minimum absolute atomic E-state index is 0.0544. The summed E-state index contributed by atoms with van der Waals surface area (Å²) in [6.07, 6.45) is 1.64. The van der Waals surface area contributed by atoms with E-state index in [0.717, 1.165) is 0 Å². The van der Waals surface area contributed by atoms with Crippen molar-refractivity contribution in [3.8, 4) is 0 Å². The van der Waals surface area contributed by atoms with Crippen molar-refractivity contribution in [3.05, 3.63) is 18.0 Å². The lowest BCUT2D eigenvalue weighted by molar-refractivity contribution is -0.121. The fraction of sp³-hybridized carbons (Fsp3) is 0.500. The van der Waals surface area contributed by atoms with Gasteiger partial charge in [0.15, 0.2) is 0 Å². The van der Waals surface area contributed by atoms with Gasteiger partial charge < -0.3 is 20.9 Å². The van der Waals surface area contributed by atoms with E-state index >= 15 is 0 Å². The molecule has 4 N–H and O–H groups in total. The molecule has 0 aliphatic carbocycles. The van der Waals surface area contributed by atoms with Crippen LogP contribution in [0.2, 0.25) is 0 Å². The van der Waals surface area contributed by atoms with Crippen molar-refractivity contribution in [1.82, 2.24) is 15.2 Å². The summed E-state index contributed by atoms with van der Waals surface area (Å²) in [5, 5.41) is 5.31. The highest BCUT2D eigenvalue weighted by Gasteiger charge is 2.15. The number of hydrogen-bond acceptors (Lipinski definition) is 3. The Hall–Kier alpha value is -1.98. The van der Waals surface area contributed by atoms with Crippen LogP contribution in [0.15, 0.2) is 12.3 Å². The molecule has 0 aliphatic rings. The molecule has 0 atom stereocenters. The maximum atomic E-state index is 11.8. The Morgan fingerprint density at radius 1 is 1.39 bits per heavy atom. The minimum Gasteiger partial charge on any atom is -0.397 e. The molecule has 0 unspecified atom stereocenters. The zero-order valence-corrected chi connectivity index (χ0v) is 11.2. The minimum atomic E-state index is -0.321. The zero-order chi connectivity index (χ0) is 13.9. The molecule has 18 heavy (non-hydrogen) atoms. The Morgan fingerprint density at radius 2 is 2.00 bits per heavy atom. The predicted octanol–water partition coefficient (Wildman–Crippen LogP) is 0.252. The number of nitrogens with two attached hydrogens (primary N) is 1. The number of anilines is 1. The molecule has 6 nitrogen and oxygen atoms in total. The van der Waals surface area contributed by atoms with Crippen LogP contribution in [0.1, 0.15) is 31.3 Å². The molecule has 0 aliphatic heterocycles. The van der Waals surface area contributed by atoms with Crippen molar-refractivity contribution in [2.45, 2.75) is 26.3 Å². The maximum Gasteiger partial charge on any atom is 0.268 e. The number of amides is 2. The summed E-state index contributed by atoms with van der Waals surface area (Å²) >= 11 is 0. The van der Waals surface area contributed by atoms with E-state index < -0.39 is 0 Å². The van der Waals surface area contributed by atoms with E-state index in [1.165, 1.54) is 0 Å². The summed E-state index contributed by atoms with van der Waals surface area (Å²) in [5.74, 6) is -0.545. The van der Waals surface area contributed by atoms with Gasteiger partial charge in [-0.2, -0.15) is 0 Å². The molecule has 6 heteroatoms. The van der Waals surface area contributed by atoms with Crippen molar-refractivity contribution in [2.75, 3.05) is 12.3 Å². The first kappa shape index (κ1) is 14.1. The average molecular weight is 252 g/mol. The van der Waals surface area contributed by atoms with Crippen LogP contribution >= 0.6 is 0 Å². The number of rotatable bonds is 3. The van der Waals surface area contributed by atoms with Crippen LogP contribution in [0.4, 0.5) is 5.69 Å². The van der Waals surface area contributed by atoms with Gasteiger partial charge >= 0.3 is 0 Å². The zero-order valence-electron chi connectivity index (χ0n) is 11.2. The van der Waals surface area contributed by atoms with Gasteiger partial charge in [0, 0.05) is 18.8 Å². The van der Waals surface area contributed by atoms with Gasteiger partial charge in [-0.05, 0) is 26.8 Å². The Bertz CT molecular complexity index is 457. The van der Waals surface area contributed by atoms with Crippen molar-refractivity contribution in [2.24, 2.45) is 7.05 Å². The fourth-order valence-corrected chi connectivity index (χ4v) is 1.53. The van der Waals surface area contributed by atoms with Gasteiger partial charge in [0.05, 0.1) is 12.2 Å². The van der Waals surface area contributed by atoms with Gasteiger partial charge in [0.1, 0.15) is 5.69 Å². The van der Waals surface area contributed by atoms with Crippen LogP contribution in [0, 0.1) is 0 Å². The van der Waals surface area contributed by atoms with Crippen LogP contribution in [-0.2, 0) is 11.8 Å².